The Morgan fingerprint density at radius 2 is 2.00 bits per heavy atom. The second kappa shape index (κ2) is 5.21. The van der Waals surface area contributed by atoms with Gasteiger partial charge in [-0.3, -0.25) is 0 Å². The highest BCUT2D eigenvalue weighted by Crippen LogP contribution is 2.40. The van der Waals surface area contributed by atoms with E-state index in [2.05, 4.69) is 32.9 Å². The van der Waals surface area contributed by atoms with Crippen LogP contribution in [0.1, 0.15) is 37.3 Å². The van der Waals surface area contributed by atoms with Gasteiger partial charge >= 0.3 is 0 Å². The summed E-state index contributed by atoms with van der Waals surface area (Å²) in [6.07, 6.45) is 6.56. The van der Waals surface area contributed by atoms with Crippen molar-refractivity contribution < 1.29 is 4.74 Å². The highest BCUT2D eigenvalue weighted by Gasteiger charge is 2.39. The second-order valence-electron chi connectivity index (χ2n) is 6.83. The van der Waals surface area contributed by atoms with Gasteiger partial charge in [0.15, 0.2) is 0 Å². The summed E-state index contributed by atoms with van der Waals surface area (Å²) in [5.41, 5.74) is 1.26. The van der Waals surface area contributed by atoms with Crippen molar-refractivity contribution in [3.05, 3.63) is 18.1 Å². The van der Waals surface area contributed by atoms with E-state index in [0.717, 1.165) is 51.4 Å². The highest BCUT2D eigenvalue weighted by atomic mass is 16.5. The Morgan fingerprint density at radius 3 is 2.76 bits per heavy atom. The number of morpholine rings is 1. The van der Waals surface area contributed by atoms with Crippen LogP contribution < -0.4 is 4.90 Å². The number of likely N-dealkylation sites (tertiary alicyclic amines) is 1. The van der Waals surface area contributed by atoms with Crippen LogP contribution in [0.2, 0.25) is 0 Å². The van der Waals surface area contributed by atoms with Gasteiger partial charge in [0.25, 0.3) is 0 Å². The zero-order valence-electron chi connectivity index (χ0n) is 12.8. The third-order valence-electron chi connectivity index (χ3n) is 5.14. The fourth-order valence-corrected chi connectivity index (χ4v) is 3.51. The summed E-state index contributed by atoms with van der Waals surface area (Å²) < 4.78 is 6.18. The van der Waals surface area contributed by atoms with E-state index in [9.17, 15) is 0 Å². The minimum atomic E-state index is 0.0372. The topological polar surface area (TPSA) is 41.5 Å². The Morgan fingerprint density at radius 1 is 1.19 bits per heavy atom. The summed E-state index contributed by atoms with van der Waals surface area (Å²) in [6, 6.07) is 2.20. The van der Waals surface area contributed by atoms with Gasteiger partial charge in [0.1, 0.15) is 12.1 Å². The SMILES string of the molecule is CN1CCC2(CC1)CN(c1cc(C3CC3)ncn1)CCO2. The molecule has 1 aliphatic carbocycles. The first-order chi connectivity index (χ1) is 10.2. The molecule has 0 bridgehead atoms. The van der Waals surface area contributed by atoms with Crippen LogP contribution in [0.25, 0.3) is 0 Å². The maximum Gasteiger partial charge on any atom is 0.132 e. The number of aromatic nitrogens is 2. The highest BCUT2D eigenvalue weighted by molar-refractivity contribution is 5.41. The molecule has 0 atom stereocenters. The van der Waals surface area contributed by atoms with Crippen molar-refractivity contribution in [1.29, 1.82) is 0 Å². The quantitative estimate of drug-likeness (QED) is 0.828. The van der Waals surface area contributed by atoms with Crippen LogP contribution in [-0.4, -0.2) is 60.3 Å². The molecule has 21 heavy (non-hydrogen) atoms. The molecule has 0 amide bonds. The Hall–Kier alpha value is -1.20. The molecule has 114 valence electrons. The third-order valence-corrected chi connectivity index (χ3v) is 5.14. The van der Waals surface area contributed by atoms with Crippen molar-refractivity contribution in [3.8, 4) is 0 Å². The van der Waals surface area contributed by atoms with E-state index in [-0.39, 0.29) is 5.60 Å². The lowest BCUT2D eigenvalue weighted by Gasteiger charge is -2.47. The molecule has 3 aliphatic rings. The number of anilines is 1. The van der Waals surface area contributed by atoms with Gasteiger partial charge in [-0.2, -0.15) is 0 Å². The van der Waals surface area contributed by atoms with E-state index >= 15 is 0 Å². The molecule has 3 fully saturated rings. The van der Waals surface area contributed by atoms with Gasteiger partial charge in [0.2, 0.25) is 0 Å². The molecule has 5 nitrogen and oxygen atoms in total. The van der Waals surface area contributed by atoms with Crippen LogP contribution in [0.3, 0.4) is 0 Å². The Bertz CT molecular complexity index is 509. The number of nitrogens with zero attached hydrogens (tertiary/aromatic N) is 4. The van der Waals surface area contributed by atoms with Crippen LogP contribution in [0.5, 0.6) is 0 Å². The molecule has 2 aliphatic heterocycles. The minimum absolute atomic E-state index is 0.0372. The van der Waals surface area contributed by atoms with Crippen LogP contribution >= 0.6 is 0 Å². The van der Waals surface area contributed by atoms with Gasteiger partial charge in [-0.15, -0.1) is 0 Å². The van der Waals surface area contributed by atoms with Crippen molar-refractivity contribution in [2.75, 3.05) is 44.7 Å². The molecule has 1 saturated carbocycles. The molecule has 1 aromatic rings. The first-order valence-corrected chi connectivity index (χ1v) is 8.14. The summed E-state index contributed by atoms with van der Waals surface area (Å²) in [7, 11) is 2.19. The van der Waals surface area contributed by atoms with Crippen molar-refractivity contribution in [2.45, 2.75) is 37.2 Å². The second-order valence-corrected chi connectivity index (χ2v) is 6.83. The largest absolute Gasteiger partial charge is 0.371 e. The molecule has 0 radical (unpaired) electrons. The van der Waals surface area contributed by atoms with Crippen LogP contribution in [0.4, 0.5) is 5.82 Å². The number of piperidine rings is 1. The van der Waals surface area contributed by atoms with Gasteiger partial charge in [-0.1, -0.05) is 0 Å². The van der Waals surface area contributed by atoms with Crippen molar-refractivity contribution >= 4 is 5.82 Å². The smallest absolute Gasteiger partial charge is 0.132 e. The van der Waals surface area contributed by atoms with Crippen LogP contribution in [-0.2, 0) is 4.74 Å². The fourth-order valence-electron chi connectivity index (χ4n) is 3.51. The van der Waals surface area contributed by atoms with Gasteiger partial charge in [0, 0.05) is 43.9 Å². The van der Waals surface area contributed by atoms with E-state index in [0.29, 0.717) is 5.92 Å². The lowest BCUT2D eigenvalue weighted by atomic mass is 9.89. The van der Waals surface area contributed by atoms with E-state index in [1.54, 1.807) is 6.33 Å². The van der Waals surface area contributed by atoms with Gasteiger partial charge in [-0.25, -0.2) is 9.97 Å². The van der Waals surface area contributed by atoms with Gasteiger partial charge in [-0.05, 0) is 32.7 Å². The van der Waals surface area contributed by atoms with E-state index in [1.807, 2.05) is 0 Å². The summed E-state index contributed by atoms with van der Waals surface area (Å²) in [5.74, 6) is 1.78. The zero-order valence-corrected chi connectivity index (χ0v) is 12.8. The molecule has 5 heteroatoms. The summed E-state index contributed by atoms with van der Waals surface area (Å²) >= 11 is 0. The Labute approximate surface area is 126 Å². The first kappa shape index (κ1) is 13.5. The zero-order chi connectivity index (χ0) is 14.3. The van der Waals surface area contributed by atoms with E-state index < -0.39 is 0 Å². The molecule has 1 aromatic heterocycles. The number of rotatable bonds is 2. The average molecular weight is 288 g/mol. The normalized spacial score (nSPS) is 26.2. The summed E-state index contributed by atoms with van der Waals surface area (Å²) in [6.45, 7) is 4.99. The maximum absolute atomic E-state index is 6.18. The third kappa shape index (κ3) is 2.77. The molecular weight excluding hydrogens is 264 g/mol. The Balaban J connectivity index is 1.51. The van der Waals surface area contributed by atoms with Crippen molar-refractivity contribution in [1.82, 2.24) is 14.9 Å². The first-order valence-electron chi connectivity index (χ1n) is 8.14. The Kier molecular flexibility index (Phi) is 3.34. The molecule has 0 aromatic carbocycles. The van der Waals surface area contributed by atoms with E-state index in [1.165, 1.54) is 18.5 Å². The number of hydrogen-bond acceptors (Lipinski definition) is 5. The summed E-state index contributed by atoms with van der Waals surface area (Å²) in [4.78, 5) is 13.7. The minimum Gasteiger partial charge on any atom is -0.371 e. The van der Waals surface area contributed by atoms with Gasteiger partial charge < -0.3 is 14.5 Å². The molecule has 2 saturated heterocycles. The lowest BCUT2D eigenvalue weighted by molar-refractivity contribution is -0.0884. The molecule has 0 N–H and O–H groups in total. The molecule has 3 heterocycles. The number of ether oxygens (including phenoxy) is 1. The van der Waals surface area contributed by atoms with Crippen LogP contribution in [0, 0.1) is 0 Å². The van der Waals surface area contributed by atoms with E-state index in [4.69, 9.17) is 4.74 Å². The van der Waals surface area contributed by atoms with Crippen molar-refractivity contribution in [2.24, 2.45) is 0 Å². The fraction of sp³-hybridized carbons (Fsp3) is 0.750. The number of hydrogen-bond donors (Lipinski definition) is 0. The molecule has 0 unspecified atom stereocenters. The van der Waals surface area contributed by atoms with Crippen LogP contribution in [0.15, 0.2) is 12.4 Å². The predicted molar refractivity (Wildman–Crippen MR) is 81.6 cm³/mol. The standard InChI is InChI=1S/C16H24N4O/c1-19-6-4-16(5-7-19)11-20(8-9-21-16)15-10-14(13-2-3-13)17-12-18-15/h10,12-13H,2-9,11H2,1H3. The summed E-state index contributed by atoms with van der Waals surface area (Å²) in [5, 5.41) is 0. The maximum atomic E-state index is 6.18. The molecule has 1 spiro atoms. The molecular formula is C16H24N4O. The molecule has 4 rings (SSSR count). The monoisotopic (exact) mass is 288 g/mol. The predicted octanol–water partition coefficient (Wildman–Crippen LogP) is 1.66. The van der Waals surface area contributed by atoms with Crippen molar-refractivity contribution in [3.63, 3.8) is 0 Å². The van der Waals surface area contributed by atoms with Gasteiger partial charge in [0.05, 0.1) is 12.2 Å². The average Bonchev–Trinajstić information content (AvgIpc) is 3.36. The lowest BCUT2D eigenvalue weighted by Crippen LogP contribution is -2.56.